The van der Waals surface area contributed by atoms with Gasteiger partial charge in [0, 0.05) is 31.2 Å². The van der Waals surface area contributed by atoms with Crippen molar-refractivity contribution in [2.75, 3.05) is 31.1 Å². The second-order valence-corrected chi connectivity index (χ2v) is 5.31. The lowest BCUT2D eigenvalue weighted by molar-refractivity contribution is 0.369. The molecule has 4 heteroatoms. The quantitative estimate of drug-likeness (QED) is 0.809. The lowest BCUT2D eigenvalue weighted by Crippen LogP contribution is -2.29. The number of pyridine rings is 1. The van der Waals surface area contributed by atoms with Gasteiger partial charge >= 0.3 is 0 Å². The lowest BCUT2D eigenvalue weighted by atomic mass is 9.87. The molecule has 1 N–H and O–H groups in total. The van der Waals surface area contributed by atoms with Crippen LogP contribution in [0.2, 0.25) is 5.02 Å². The molecule has 3 rings (SSSR count). The van der Waals surface area contributed by atoms with Gasteiger partial charge in [0.25, 0.3) is 0 Å². The van der Waals surface area contributed by atoms with Crippen molar-refractivity contribution in [1.29, 1.82) is 0 Å². The fraction of sp³-hybridized carbons (Fsp3) is 0.583. The first kappa shape index (κ1) is 10.4. The first-order valence-corrected chi connectivity index (χ1v) is 6.23. The Bertz CT molecular complexity index is 388. The minimum Gasteiger partial charge on any atom is -0.355 e. The molecule has 0 aliphatic carbocycles. The predicted molar refractivity (Wildman–Crippen MR) is 66.0 cm³/mol. The Morgan fingerprint density at radius 1 is 1.44 bits per heavy atom. The van der Waals surface area contributed by atoms with Crippen LogP contribution in [0.25, 0.3) is 0 Å². The van der Waals surface area contributed by atoms with E-state index < -0.39 is 0 Å². The van der Waals surface area contributed by atoms with Gasteiger partial charge in [0.15, 0.2) is 0 Å². The minimum absolute atomic E-state index is 0.473. The van der Waals surface area contributed by atoms with E-state index in [1.54, 1.807) is 0 Å². The van der Waals surface area contributed by atoms with Crippen molar-refractivity contribution in [1.82, 2.24) is 10.3 Å². The topological polar surface area (TPSA) is 28.2 Å². The smallest absolute Gasteiger partial charge is 0.147 e. The normalized spacial score (nSPS) is 29.2. The highest BCUT2D eigenvalue weighted by Crippen LogP contribution is 2.39. The zero-order valence-corrected chi connectivity index (χ0v) is 10.0. The Morgan fingerprint density at radius 3 is 3.12 bits per heavy atom. The highest BCUT2D eigenvalue weighted by Gasteiger charge is 2.40. The molecule has 1 atom stereocenters. The fourth-order valence-corrected chi connectivity index (χ4v) is 3.11. The molecule has 3 heterocycles. The molecule has 86 valence electrons. The van der Waals surface area contributed by atoms with Gasteiger partial charge in [0.2, 0.25) is 0 Å². The second-order valence-electron chi connectivity index (χ2n) is 4.91. The van der Waals surface area contributed by atoms with Crippen molar-refractivity contribution in [3.63, 3.8) is 0 Å². The molecule has 0 bridgehead atoms. The zero-order valence-electron chi connectivity index (χ0n) is 9.25. The molecule has 0 amide bonds. The maximum Gasteiger partial charge on any atom is 0.147 e. The summed E-state index contributed by atoms with van der Waals surface area (Å²) in [6, 6.07) is 3.80. The highest BCUT2D eigenvalue weighted by molar-refractivity contribution is 6.32. The molecule has 0 saturated carbocycles. The number of hydrogen-bond donors (Lipinski definition) is 1. The molecule has 1 unspecified atom stereocenters. The number of rotatable bonds is 1. The van der Waals surface area contributed by atoms with Gasteiger partial charge in [0.1, 0.15) is 5.82 Å². The summed E-state index contributed by atoms with van der Waals surface area (Å²) in [4.78, 5) is 6.72. The molecular formula is C12H16ClN3. The number of hydrogen-bond acceptors (Lipinski definition) is 3. The van der Waals surface area contributed by atoms with Gasteiger partial charge in [0.05, 0.1) is 5.02 Å². The van der Waals surface area contributed by atoms with E-state index >= 15 is 0 Å². The van der Waals surface area contributed by atoms with Gasteiger partial charge in [-0.3, -0.25) is 0 Å². The summed E-state index contributed by atoms with van der Waals surface area (Å²) in [6.45, 7) is 4.48. The SMILES string of the molecule is Clc1cccnc1N1CCC2(CCNC2)C1. The molecule has 0 radical (unpaired) electrons. The van der Waals surface area contributed by atoms with Crippen LogP contribution in [0.4, 0.5) is 5.82 Å². The van der Waals surface area contributed by atoms with Crippen LogP contribution in [0.5, 0.6) is 0 Å². The Labute approximate surface area is 101 Å². The lowest BCUT2D eigenvalue weighted by Gasteiger charge is -2.23. The Kier molecular flexibility index (Phi) is 2.52. The van der Waals surface area contributed by atoms with Crippen LogP contribution < -0.4 is 10.2 Å². The molecular weight excluding hydrogens is 222 g/mol. The van der Waals surface area contributed by atoms with Crippen molar-refractivity contribution >= 4 is 17.4 Å². The van der Waals surface area contributed by atoms with Gasteiger partial charge in [-0.25, -0.2) is 4.98 Å². The first-order valence-electron chi connectivity index (χ1n) is 5.85. The van der Waals surface area contributed by atoms with E-state index in [1.165, 1.54) is 12.8 Å². The number of aromatic nitrogens is 1. The molecule has 0 aromatic carbocycles. The largest absolute Gasteiger partial charge is 0.355 e. The molecule has 16 heavy (non-hydrogen) atoms. The molecule has 2 aliphatic heterocycles. The van der Waals surface area contributed by atoms with Crippen LogP contribution in [-0.4, -0.2) is 31.2 Å². The second kappa shape index (κ2) is 3.90. The van der Waals surface area contributed by atoms with E-state index in [2.05, 4.69) is 15.2 Å². The van der Waals surface area contributed by atoms with Gasteiger partial charge < -0.3 is 10.2 Å². The van der Waals surface area contributed by atoms with Gasteiger partial charge in [-0.2, -0.15) is 0 Å². The third-order valence-corrected chi connectivity index (χ3v) is 4.10. The molecule has 2 fully saturated rings. The van der Waals surface area contributed by atoms with Crippen molar-refractivity contribution in [3.8, 4) is 0 Å². The number of halogens is 1. The van der Waals surface area contributed by atoms with Crippen LogP contribution in [-0.2, 0) is 0 Å². The molecule has 2 aliphatic rings. The van der Waals surface area contributed by atoms with E-state index in [9.17, 15) is 0 Å². The summed E-state index contributed by atoms with van der Waals surface area (Å²) in [7, 11) is 0. The fourth-order valence-electron chi connectivity index (χ4n) is 2.87. The number of nitrogens with zero attached hydrogens (tertiary/aromatic N) is 2. The van der Waals surface area contributed by atoms with Gasteiger partial charge in [-0.05, 0) is 31.5 Å². The van der Waals surface area contributed by atoms with E-state index in [0.717, 1.165) is 37.0 Å². The van der Waals surface area contributed by atoms with Crippen molar-refractivity contribution in [2.24, 2.45) is 5.41 Å². The van der Waals surface area contributed by atoms with Crippen LogP contribution in [0.1, 0.15) is 12.8 Å². The molecule has 2 saturated heterocycles. The standard InChI is InChI=1S/C12H16ClN3/c13-10-2-1-5-15-11(10)16-7-4-12(9-16)3-6-14-8-12/h1-2,5,14H,3-4,6-9H2. The molecule has 1 aromatic rings. The third-order valence-electron chi connectivity index (χ3n) is 3.81. The summed E-state index contributed by atoms with van der Waals surface area (Å²) in [6.07, 6.45) is 4.36. The summed E-state index contributed by atoms with van der Waals surface area (Å²) >= 11 is 6.18. The zero-order chi connectivity index (χ0) is 11.0. The highest BCUT2D eigenvalue weighted by atomic mass is 35.5. The van der Waals surface area contributed by atoms with E-state index in [4.69, 9.17) is 11.6 Å². The third kappa shape index (κ3) is 1.68. The van der Waals surface area contributed by atoms with Crippen molar-refractivity contribution < 1.29 is 0 Å². The van der Waals surface area contributed by atoms with E-state index in [-0.39, 0.29) is 0 Å². The van der Waals surface area contributed by atoms with Crippen molar-refractivity contribution in [2.45, 2.75) is 12.8 Å². The Morgan fingerprint density at radius 2 is 2.38 bits per heavy atom. The van der Waals surface area contributed by atoms with Crippen LogP contribution >= 0.6 is 11.6 Å². The maximum atomic E-state index is 6.18. The van der Waals surface area contributed by atoms with Gasteiger partial charge in [-0.15, -0.1) is 0 Å². The number of nitrogens with one attached hydrogen (secondary N) is 1. The Balaban J connectivity index is 1.81. The average molecular weight is 238 g/mol. The summed E-state index contributed by atoms with van der Waals surface area (Å²) < 4.78 is 0. The van der Waals surface area contributed by atoms with Crippen LogP contribution in [0.3, 0.4) is 0 Å². The molecule has 3 nitrogen and oxygen atoms in total. The summed E-state index contributed by atoms with van der Waals surface area (Å²) in [5, 5.41) is 4.23. The molecule has 1 spiro atoms. The van der Waals surface area contributed by atoms with Crippen molar-refractivity contribution in [3.05, 3.63) is 23.4 Å². The summed E-state index contributed by atoms with van der Waals surface area (Å²) in [5.41, 5.74) is 0.473. The first-order chi connectivity index (χ1) is 7.79. The van der Waals surface area contributed by atoms with Crippen LogP contribution in [0.15, 0.2) is 18.3 Å². The van der Waals surface area contributed by atoms with E-state index in [1.807, 2.05) is 18.3 Å². The van der Waals surface area contributed by atoms with Crippen LogP contribution in [0, 0.1) is 5.41 Å². The monoisotopic (exact) mass is 237 g/mol. The summed E-state index contributed by atoms with van der Waals surface area (Å²) in [5.74, 6) is 0.952. The predicted octanol–water partition coefficient (Wildman–Crippen LogP) is 1.92. The average Bonchev–Trinajstić information content (AvgIpc) is 2.91. The van der Waals surface area contributed by atoms with E-state index in [0.29, 0.717) is 5.41 Å². The minimum atomic E-state index is 0.473. The number of anilines is 1. The maximum absolute atomic E-state index is 6.18. The molecule has 1 aromatic heterocycles. The van der Waals surface area contributed by atoms with Gasteiger partial charge in [-0.1, -0.05) is 11.6 Å². The Hall–Kier alpha value is -0.800.